The highest BCUT2D eigenvalue weighted by atomic mass is 127. The molecule has 0 aromatic heterocycles. The fraction of sp³-hybridized carbons (Fsp3) is 0.900. The number of likely N-dealkylation sites (N-methyl/N-ethyl adjacent to an activating group) is 1. The first-order chi connectivity index (χ1) is 12.3. The molecule has 3 aliphatic rings. The Morgan fingerprint density at radius 2 is 1.85 bits per heavy atom. The SMILES string of the molecule is CC1CN(C(C)C)CC1NC(=NCC(=O)N(C)C)NC1CC2CCC1C2.I. The number of halogens is 1. The number of likely N-dealkylation sites (tertiary alicyclic amines) is 1. The summed E-state index contributed by atoms with van der Waals surface area (Å²) in [4.78, 5) is 20.8. The van der Waals surface area contributed by atoms with Gasteiger partial charge in [0.2, 0.25) is 5.91 Å². The molecule has 0 radical (unpaired) electrons. The van der Waals surface area contributed by atoms with E-state index in [0.29, 0.717) is 24.0 Å². The molecule has 0 spiro atoms. The molecule has 3 fully saturated rings. The van der Waals surface area contributed by atoms with Gasteiger partial charge in [-0.2, -0.15) is 0 Å². The van der Waals surface area contributed by atoms with E-state index in [0.717, 1.165) is 30.9 Å². The van der Waals surface area contributed by atoms with E-state index in [4.69, 9.17) is 0 Å². The van der Waals surface area contributed by atoms with Crippen LogP contribution in [0.2, 0.25) is 0 Å². The van der Waals surface area contributed by atoms with Gasteiger partial charge in [-0.25, -0.2) is 4.99 Å². The molecule has 5 unspecified atom stereocenters. The molecule has 2 N–H and O–H groups in total. The maximum atomic E-state index is 12.0. The van der Waals surface area contributed by atoms with E-state index in [1.54, 1.807) is 19.0 Å². The standard InChI is InChI=1S/C20H37N5O.HI/c1-13(2)25-11-14(3)18(12-25)23-20(21-10-19(26)24(4)5)22-17-9-15-6-7-16(17)8-15;/h13-18H,6-12H2,1-5H3,(H2,21,22,23);1H. The molecule has 6 nitrogen and oxygen atoms in total. The van der Waals surface area contributed by atoms with Crippen LogP contribution in [-0.4, -0.2) is 73.5 Å². The van der Waals surface area contributed by atoms with Crippen LogP contribution in [-0.2, 0) is 4.79 Å². The van der Waals surface area contributed by atoms with Crippen LogP contribution in [0.5, 0.6) is 0 Å². The van der Waals surface area contributed by atoms with Crippen molar-refractivity contribution in [3.05, 3.63) is 0 Å². The Kier molecular flexibility index (Phi) is 8.21. The van der Waals surface area contributed by atoms with Crippen molar-refractivity contribution in [1.29, 1.82) is 0 Å². The number of nitrogens with zero attached hydrogens (tertiary/aromatic N) is 3. The first-order valence-electron chi connectivity index (χ1n) is 10.3. The number of hydrogen-bond donors (Lipinski definition) is 2. The minimum atomic E-state index is 0. The number of carbonyl (C=O) groups excluding carboxylic acids is 1. The average molecular weight is 491 g/mol. The number of carbonyl (C=O) groups is 1. The average Bonchev–Trinajstić information content (AvgIpc) is 3.28. The number of nitrogens with one attached hydrogen (secondary N) is 2. The minimum Gasteiger partial charge on any atom is -0.353 e. The monoisotopic (exact) mass is 491 g/mol. The lowest BCUT2D eigenvalue weighted by Gasteiger charge is -2.28. The van der Waals surface area contributed by atoms with Gasteiger partial charge in [-0.15, -0.1) is 24.0 Å². The fourth-order valence-corrected chi connectivity index (χ4v) is 4.81. The molecular weight excluding hydrogens is 453 g/mol. The van der Waals surface area contributed by atoms with Crippen LogP contribution in [0.1, 0.15) is 46.5 Å². The first kappa shape index (κ1) is 22.7. The minimum absolute atomic E-state index is 0. The largest absolute Gasteiger partial charge is 0.353 e. The van der Waals surface area contributed by atoms with Crippen LogP contribution in [0.25, 0.3) is 0 Å². The van der Waals surface area contributed by atoms with E-state index in [2.05, 4.69) is 41.3 Å². The molecule has 2 bridgehead atoms. The Labute approximate surface area is 181 Å². The molecule has 1 amide bonds. The molecule has 1 saturated heterocycles. The van der Waals surface area contributed by atoms with Crippen molar-refractivity contribution in [2.75, 3.05) is 33.7 Å². The van der Waals surface area contributed by atoms with Gasteiger partial charge >= 0.3 is 0 Å². The van der Waals surface area contributed by atoms with E-state index < -0.39 is 0 Å². The van der Waals surface area contributed by atoms with E-state index in [1.165, 1.54) is 25.7 Å². The fourth-order valence-electron chi connectivity index (χ4n) is 4.81. The Morgan fingerprint density at radius 1 is 1.15 bits per heavy atom. The first-order valence-corrected chi connectivity index (χ1v) is 10.3. The van der Waals surface area contributed by atoms with Crippen LogP contribution >= 0.6 is 24.0 Å². The summed E-state index contributed by atoms with van der Waals surface area (Å²) in [5, 5.41) is 7.34. The lowest BCUT2D eigenvalue weighted by molar-refractivity contribution is -0.127. The van der Waals surface area contributed by atoms with E-state index in [-0.39, 0.29) is 36.4 Å². The Bertz CT molecular complexity index is 538. The second kappa shape index (κ2) is 9.76. The van der Waals surface area contributed by atoms with Crippen molar-refractivity contribution >= 4 is 35.8 Å². The molecular formula is C20H38IN5O. The maximum absolute atomic E-state index is 12.0. The van der Waals surface area contributed by atoms with Crippen molar-refractivity contribution in [1.82, 2.24) is 20.4 Å². The third kappa shape index (κ3) is 5.71. The normalized spacial score (nSPS) is 33.3. The van der Waals surface area contributed by atoms with Crippen LogP contribution < -0.4 is 10.6 Å². The molecule has 7 heteroatoms. The number of fused-ring (bicyclic) bond motifs is 2. The van der Waals surface area contributed by atoms with E-state index in [1.807, 2.05) is 0 Å². The van der Waals surface area contributed by atoms with Crippen molar-refractivity contribution < 1.29 is 4.79 Å². The van der Waals surface area contributed by atoms with Gasteiger partial charge in [0.15, 0.2) is 5.96 Å². The quantitative estimate of drug-likeness (QED) is 0.352. The second-order valence-corrected chi connectivity index (χ2v) is 9.15. The molecule has 156 valence electrons. The summed E-state index contributed by atoms with van der Waals surface area (Å²) >= 11 is 0. The van der Waals surface area contributed by atoms with Crippen molar-refractivity contribution in [3.63, 3.8) is 0 Å². The van der Waals surface area contributed by atoms with Crippen LogP contribution in [0.3, 0.4) is 0 Å². The summed E-state index contributed by atoms with van der Waals surface area (Å²) in [5.74, 6) is 3.13. The Balaban J connectivity index is 0.00000261. The van der Waals surface area contributed by atoms with Crippen molar-refractivity contribution in [3.8, 4) is 0 Å². The summed E-state index contributed by atoms with van der Waals surface area (Å²) < 4.78 is 0. The van der Waals surface area contributed by atoms with Gasteiger partial charge in [0.1, 0.15) is 6.54 Å². The molecule has 27 heavy (non-hydrogen) atoms. The molecule has 1 aliphatic heterocycles. The van der Waals surface area contributed by atoms with Crippen molar-refractivity contribution in [2.45, 2.75) is 64.6 Å². The second-order valence-electron chi connectivity index (χ2n) is 9.15. The van der Waals surface area contributed by atoms with Crippen molar-refractivity contribution in [2.24, 2.45) is 22.7 Å². The zero-order chi connectivity index (χ0) is 18.8. The van der Waals surface area contributed by atoms with E-state index >= 15 is 0 Å². The molecule has 3 rings (SSSR count). The predicted octanol–water partition coefficient (Wildman–Crippen LogP) is 2.15. The summed E-state index contributed by atoms with van der Waals surface area (Å²) in [6.07, 6.45) is 5.35. The lowest BCUT2D eigenvalue weighted by Crippen LogP contribution is -2.51. The molecule has 5 atom stereocenters. The van der Waals surface area contributed by atoms with Gasteiger partial charge in [-0.1, -0.05) is 13.3 Å². The lowest BCUT2D eigenvalue weighted by atomic mass is 9.95. The topological polar surface area (TPSA) is 60.0 Å². The summed E-state index contributed by atoms with van der Waals surface area (Å²) in [7, 11) is 3.57. The predicted molar refractivity (Wildman–Crippen MR) is 122 cm³/mol. The Morgan fingerprint density at radius 3 is 2.37 bits per heavy atom. The highest BCUT2D eigenvalue weighted by Crippen LogP contribution is 2.44. The van der Waals surface area contributed by atoms with Crippen LogP contribution in [0.4, 0.5) is 0 Å². The third-order valence-electron chi connectivity index (χ3n) is 6.62. The van der Waals surface area contributed by atoms with Crippen LogP contribution in [0, 0.1) is 17.8 Å². The number of guanidine groups is 1. The number of hydrogen-bond acceptors (Lipinski definition) is 3. The smallest absolute Gasteiger partial charge is 0.243 e. The molecule has 0 aromatic carbocycles. The zero-order valence-electron chi connectivity index (χ0n) is 17.6. The highest BCUT2D eigenvalue weighted by molar-refractivity contribution is 14.0. The van der Waals surface area contributed by atoms with Gasteiger partial charge in [0.25, 0.3) is 0 Å². The third-order valence-corrected chi connectivity index (χ3v) is 6.62. The van der Waals surface area contributed by atoms with E-state index in [9.17, 15) is 4.79 Å². The summed E-state index contributed by atoms with van der Waals surface area (Å²) in [6, 6.07) is 1.47. The molecule has 1 heterocycles. The van der Waals surface area contributed by atoms with Gasteiger partial charge in [-0.05, 0) is 50.9 Å². The highest BCUT2D eigenvalue weighted by Gasteiger charge is 2.40. The molecule has 2 saturated carbocycles. The molecule has 0 aromatic rings. The van der Waals surface area contributed by atoms with Crippen LogP contribution in [0.15, 0.2) is 4.99 Å². The number of rotatable bonds is 5. The van der Waals surface area contributed by atoms with Gasteiger partial charge in [-0.3, -0.25) is 9.69 Å². The zero-order valence-corrected chi connectivity index (χ0v) is 19.9. The van der Waals surface area contributed by atoms with Gasteiger partial charge in [0, 0.05) is 45.3 Å². The van der Waals surface area contributed by atoms with Gasteiger partial charge < -0.3 is 15.5 Å². The summed E-state index contributed by atoms with van der Waals surface area (Å²) in [6.45, 7) is 9.18. The molecule has 2 aliphatic carbocycles. The maximum Gasteiger partial charge on any atom is 0.243 e. The number of aliphatic imine (C=N–C) groups is 1. The van der Waals surface area contributed by atoms with Gasteiger partial charge in [0.05, 0.1) is 0 Å². The number of amides is 1. The summed E-state index contributed by atoms with van der Waals surface area (Å²) in [5.41, 5.74) is 0. The Hall–Kier alpha value is -0.570.